The van der Waals surface area contributed by atoms with Gasteiger partial charge in [-0.1, -0.05) is 31.4 Å². The standard InChI is InChI=1S/C17H26N2O2.ClH/c1-13-7-6-8-15(11-13)21-14(2)12-19-16(20)17(18)9-4-3-5-10-17;/h6-8,11,14H,3-5,9-10,12,18H2,1-2H3,(H,19,20);1H. The third-order valence-electron chi connectivity index (χ3n) is 4.07. The number of carbonyl (C=O) groups is 1. The van der Waals surface area contributed by atoms with Crippen molar-refractivity contribution in [3.63, 3.8) is 0 Å². The highest BCUT2D eigenvalue weighted by atomic mass is 35.5. The van der Waals surface area contributed by atoms with Crippen molar-refractivity contribution in [2.75, 3.05) is 6.54 Å². The number of halogens is 1. The highest BCUT2D eigenvalue weighted by Crippen LogP contribution is 2.25. The molecule has 0 radical (unpaired) electrons. The molecule has 0 aromatic heterocycles. The Kier molecular flexibility index (Phi) is 7.17. The second-order valence-corrected chi connectivity index (χ2v) is 6.17. The van der Waals surface area contributed by atoms with Crippen molar-refractivity contribution in [2.24, 2.45) is 5.73 Å². The van der Waals surface area contributed by atoms with E-state index >= 15 is 0 Å². The number of ether oxygens (including phenoxy) is 1. The van der Waals surface area contributed by atoms with Crippen molar-refractivity contribution in [1.82, 2.24) is 5.32 Å². The molecule has 1 fully saturated rings. The molecular weight excluding hydrogens is 300 g/mol. The van der Waals surface area contributed by atoms with Gasteiger partial charge in [-0.15, -0.1) is 12.4 Å². The van der Waals surface area contributed by atoms with Crippen molar-refractivity contribution >= 4 is 18.3 Å². The van der Waals surface area contributed by atoms with Gasteiger partial charge in [0.05, 0.1) is 12.1 Å². The summed E-state index contributed by atoms with van der Waals surface area (Å²) in [4.78, 5) is 12.2. The van der Waals surface area contributed by atoms with Crippen LogP contribution in [0.4, 0.5) is 0 Å². The SMILES string of the molecule is Cc1cccc(OC(C)CNC(=O)C2(N)CCCCC2)c1.Cl. The zero-order valence-corrected chi connectivity index (χ0v) is 14.2. The van der Waals surface area contributed by atoms with Crippen LogP contribution in [0.25, 0.3) is 0 Å². The van der Waals surface area contributed by atoms with Gasteiger partial charge in [-0.05, 0) is 44.4 Å². The molecule has 22 heavy (non-hydrogen) atoms. The van der Waals surface area contributed by atoms with Crippen LogP contribution in [0.15, 0.2) is 24.3 Å². The first-order chi connectivity index (χ1) is 9.99. The minimum atomic E-state index is -0.679. The fraction of sp³-hybridized carbons (Fsp3) is 0.588. The van der Waals surface area contributed by atoms with E-state index in [1.165, 1.54) is 6.42 Å². The molecule has 1 aromatic rings. The molecule has 1 aromatic carbocycles. The normalized spacial score (nSPS) is 18.0. The molecule has 1 aliphatic rings. The number of carbonyl (C=O) groups excluding carboxylic acids is 1. The summed E-state index contributed by atoms with van der Waals surface area (Å²) in [6.07, 6.45) is 4.75. The van der Waals surface area contributed by atoms with E-state index in [9.17, 15) is 4.79 Å². The van der Waals surface area contributed by atoms with Crippen molar-refractivity contribution < 1.29 is 9.53 Å². The Morgan fingerprint density at radius 2 is 2.05 bits per heavy atom. The second kappa shape index (κ2) is 8.39. The van der Waals surface area contributed by atoms with E-state index in [4.69, 9.17) is 10.5 Å². The lowest BCUT2D eigenvalue weighted by molar-refractivity contribution is -0.127. The molecule has 0 bridgehead atoms. The number of rotatable bonds is 5. The minimum absolute atomic E-state index is 0. The Morgan fingerprint density at radius 1 is 1.36 bits per heavy atom. The van der Waals surface area contributed by atoms with Crippen molar-refractivity contribution in [3.05, 3.63) is 29.8 Å². The van der Waals surface area contributed by atoms with Crippen LogP contribution in [0.5, 0.6) is 5.75 Å². The van der Waals surface area contributed by atoms with E-state index in [2.05, 4.69) is 5.32 Å². The van der Waals surface area contributed by atoms with Gasteiger partial charge in [0.25, 0.3) is 0 Å². The summed E-state index contributed by atoms with van der Waals surface area (Å²) in [5.74, 6) is 0.791. The first-order valence-electron chi connectivity index (χ1n) is 7.80. The third kappa shape index (κ3) is 5.18. The molecule has 1 unspecified atom stereocenters. The second-order valence-electron chi connectivity index (χ2n) is 6.17. The highest BCUT2D eigenvalue weighted by molar-refractivity contribution is 5.86. The van der Waals surface area contributed by atoms with Gasteiger partial charge >= 0.3 is 0 Å². The van der Waals surface area contributed by atoms with E-state index in [1.54, 1.807) is 0 Å². The lowest BCUT2D eigenvalue weighted by atomic mass is 9.82. The van der Waals surface area contributed by atoms with Crippen molar-refractivity contribution in [3.8, 4) is 5.75 Å². The van der Waals surface area contributed by atoms with E-state index in [0.29, 0.717) is 6.54 Å². The fourth-order valence-corrected chi connectivity index (χ4v) is 2.78. The van der Waals surface area contributed by atoms with E-state index in [1.807, 2.05) is 38.1 Å². The van der Waals surface area contributed by atoms with Gasteiger partial charge in [0, 0.05) is 0 Å². The summed E-state index contributed by atoms with van der Waals surface area (Å²) in [6.45, 7) is 4.46. The number of hydrogen-bond acceptors (Lipinski definition) is 3. The average molecular weight is 327 g/mol. The van der Waals surface area contributed by atoms with Crippen LogP contribution in [0.1, 0.15) is 44.6 Å². The van der Waals surface area contributed by atoms with Gasteiger partial charge in [-0.25, -0.2) is 0 Å². The quantitative estimate of drug-likeness (QED) is 0.874. The molecule has 1 aliphatic carbocycles. The summed E-state index contributed by atoms with van der Waals surface area (Å²) in [6, 6.07) is 7.91. The molecule has 0 saturated heterocycles. The molecule has 2 rings (SSSR count). The van der Waals surface area contributed by atoms with Gasteiger partial charge in [-0.3, -0.25) is 4.79 Å². The molecule has 5 heteroatoms. The summed E-state index contributed by atoms with van der Waals surface area (Å²) >= 11 is 0. The average Bonchev–Trinajstić information content (AvgIpc) is 2.45. The number of amides is 1. The Morgan fingerprint density at radius 3 is 2.68 bits per heavy atom. The lowest BCUT2D eigenvalue weighted by Crippen LogP contribution is -2.56. The van der Waals surface area contributed by atoms with Gasteiger partial charge in [0.15, 0.2) is 0 Å². The molecule has 124 valence electrons. The molecule has 1 amide bonds. The van der Waals surface area contributed by atoms with Crippen LogP contribution in [0, 0.1) is 6.92 Å². The maximum atomic E-state index is 12.2. The molecule has 0 heterocycles. The Bertz CT molecular complexity index is 487. The zero-order valence-electron chi connectivity index (χ0n) is 13.4. The fourth-order valence-electron chi connectivity index (χ4n) is 2.78. The Hall–Kier alpha value is -1.26. The number of hydrogen-bond donors (Lipinski definition) is 2. The van der Waals surface area contributed by atoms with Gasteiger partial charge in [0.1, 0.15) is 11.9 Å². The van der Waals surface area contributed by atoms with Crippen molar-refractivity contribution in [1.29, 1.82) is 0 Å². The number of nitrogens with two attached hydrogens (primary N) is 1. The maximum absolute atomic E-state index is 12.2. The highest BCUT2D eigenvalue weighted by Gasteiger charge is 2.35. The van der Waals surface area contributed by atoms with Crippen LogP contribution >= 0.6 is 12.4 Å². The zero-order chi connectivity index (χ0) is 15.3. The third-order valence-corrected chi connectivity index (χ3v) is 4.07. The van der Waals surface area contributed by atoms with E-state index < -0.39 is 5.54 Å². The molecule has 3 N–H and O–H groups in total. The maximum Gasteiger partial charge on any atom is 0.240 e. The topological polar surface area (TPSA) is 64.3 Å². The molecule has 0 spiro atoms. The molecule has 1 saturated carbocycles. The number of nitrogens with one attached hydrogen (secondary N) is 1. The van der Waals surface area contributed by atoms with Crippen LogP contribution in [0.3, 0.4) is 0 Å². The van der Waals surface area contributed by atoms with E-state index in [-0.39, 0.29) is 24.4 Å². The van der Waals surface area contributed by atoms with Gasteiger partial charge in [0.2, 0.25) is 5.91 Å². The summed E-state index contributed by atoms with van der Waals surface area (Å²) < 4.78 is 5.81. The molecule has 0 aliphatic heterocycles. The lowest BCUT2D eigenvalue weighted by Gasteiger charge is -2.32. The van der Waals surface area contributed by atoms with Crippen LogP contribution in [0.2, 0.25) is 0 Å². The van der Waals surface area contributed by atoms with Crippen LogP contribution < -0.4 is 15.8 Å². The summed E-state index contributed by atoms with van der Waals surface area (Å²) in [5, 5.41) is 2.94. The summed E-state index contributed by atoms with van der Waals surface area (Å²) in [7, 11) is 0. The largest absolute Gasteiger partial charge is 0.489 e. The van der Waals surface area contributed by atoms with Crippen molar-refractivity contribution in [2.45, 2.75) is 57.6 Å². The van der Waals surface area contributed by atoms with Gasteiger partial charge in [-0.2, -0.15) is 0 Å². The molecular formula is C17H27ClN2O2. The molecule has 1 atom stereocenters. The monoisotopic (exact) mass is 326 g/mol. The first kappa shape index (κ1) is 18.8. The molecule has 4 nitrogen and oxygen atoms in total. The minimum Gasteiger partial charge on any atom is -0.489 e. The van der Waals surface area contributed by atoms with Gasteiger partial charge < -0.3 is 15.8 Å². The smallest absolute Gasteiger partial charge is 0.240 e. The Labute approximate surface area is 139 Å². The van der Waals surface area contributed by atoms with Crippen LogP contribution in [-0.4, -0.2) is 24.1 Å². The number of aryl methyl sites for hydroxylation is 1. The number of benzene rings is 1. The van der Waals surface area contributed by atoms with Crippen LogP contribution in [-0.2, 0) is 4.79 Å². The predicted molar refractivity (Wildman–Crippen MR) is 91.5 cm³/mol. The first-order valence-corrected chi connectivity index (χ1v) is 7.80. The van der Waals surface area contributed by atoms with E-state index in [0.717, 1.165) is 37.0 Å². The summed E-state index contributed by atoms with van der Waals surface area (Å²) in [5.41, 5.74) is 6.69. The predicted octanol–water partition coefficient (Wildman–Crippen LogP) is 2.96. The Balaban J connectivity index is 0.00000242.